The van der Waals surface area contributed by atoms with Gasteiger partial charge in [0.15, 0.2) is 11.1 Å². The van der Waals surface area contributed by atoms with E-state index in [0.29, 0.717) is 10.7 Å². The number of rotatable bonds is 1. The van der Waals surface area contributed by atoms with Crippen LogP contribution in [0.25, 0.3) is 0 Å². The molecule has 0 fully saturated rings. The number of hydrogen-bond acceptors (Lipinski definition) is 4. The fraction of sp³-hybridized carbons (Fsp3) is 0.125. The lowest BCUT2D eigenvalue weighted by Gasteiger charge is -1.84. The van der Waals surface area contributed by atoms with Gasteiger partial charge >= 0.3 is 5.97 Å². The molecule has 1 rings (SSSR count). The average Bonchev–Trinajstić information content (AvgIpc) is 2.43. The molecule has 13 heavy (non-hydrogen) atoms. The number of aromatic nitrogens is 1. The molecule has 0 saturated carbocycles. The first-order chi connectivity index (χ1) is 6.15. The predicted molar refractivity (Wildman–Crippen MR) is 46.3 cm³/mol. The van der Waals surface area contributed by atoms with Crippen molar-refractivity contribution >= 4 is 17.3 Å². The van der Waals surface area contributed by atoms with E-state index in [0.717, 1.165) is 11.3 Å². The molecule has 0 radical (unpaired) electrons. The molecule has 1 N–H and O–H groups in total. The second-order valence-corrected chi connectivity index (χ2v) is 3.10. The van der Waals surface area contributed by atoms with Gasteiger partial charge in [-0.1, -0.05) is 11.3 Å². The van der Waals surface area contributed by atoms with E-state index in [4.69, 9.17) is 10.4 Å². The fourth-order valence-electron chi connectivity index (χ4n) is 0.730. The van der Waals surface area contributed by atoms with Crippen LogP contribution in [0.2, 0.25) is 0 Å². The number of aryl methyl sites for hydroxylation is 1. The summed E-state index contributed by atoms with van der Waals surface area (Å²) in [5.74, 6) is 3.58. The minimum Gasteiger partial charge on any atom is -0.477 e. The first-order valence-electron chi connectivity index (χ1n) is 3.26. The van der Waals surface area contributed by atoms with E-state index < -0.39 is 5.97 Å². The summed E-state index contributed by atoms with van der Waals surface area (Å²) in [6.45, 7) is 1.59. The molecule has 0 aliphatic carbocycles. The highest BCUT2D eigenvalue weighted by Gasteiger charge is 2.12. The SMILES string of the molecule is Cc1nc(C#CC#N)sc1C(=O)O. The third kappa shape index (κ3) is 2.05. The number of thiazole rings is 1. The van der Waals surface area contributed by atoms with Gasteiger partial charge in [-0.2, -0.15) is 5.26 Å². The molecule has 5 heteroatoms. The van der Waals surface area contributed by atoms with Gasteiger partial charge in [0.25, 0.3) is 0 Å². The van der Waals surface area contributed by atoms with Crippen molar-refractivity contribution in [2.75, 3.05) is 0 Å². The van der Waals surface area contributed by atoms with Gasteiger partial charge in [-0.25, -0.2) is 9.78 Å². The first-order valence-corrected chi connectivity index (χ1v) is 4.07. The molecule has 64 valence electrons. The molecule has 0 saturated heterocycles. The maximum absolute atomic E-state index is 10.6. The Labute approximate surface area is 78.5 Å². The third-order valence-corrected chi connectivity index (χ3v) is 2.28. The van der Waals surface area contributed by atoms with Crippen molar-refractivity contribution in [2.24, 2.45) is 0 Å². The number of nitrogens with zero attached hydrogens (tertiary/aromatic N) is 2. The Kier molecular flexibility index (Phi) is 2.63. The molecule has 0 unspecified atom stereocenters. The number of nitriles is 1. The van der Waals surface area contributed by atoms with E-state index in [2.05, 4.69) is 16.8 Å². The van der Waals surface area contributed by atoms with Crippen LogP contribution in [0.1, 0.15) is 20.4 Å². The van der Waals surface area contributed by atoms with Crippen LogP contribution in [0, 0.1) is 30.1 Å². The van der Waals surface area contributed by atoms with Crippen molar-refractivity contribution in [3.63, 3.8) is 0 Å². The molecule has 1 aromatic rings. The topological polar surface area (TPSA) is 74.0 Å². The van der Waals surface area contributed by atoms with Gasteiger partial charge in [0.05, 0.1) is 5.69 Å². The van der Waals surface area contributed by atoms with Crippen molar-refractivity contribution in [2.45, 2.75) is 6.92 Å². The summed E-state index contributed by atoms with van der Waals surface area (Å²) >= 11 is 0.972. The van der Waals surface area contributed by atoms with Gasteiger partial charge in [0, 0.05) is 5.92 Å². The van der Waals surface area contributed by atoms with Gasteiger partial charge in [0.1, 0.15) is 4.88 Å². The molecule has 0 bridgehead atoms. The van der Waals surface area contributed by atoms with Gasteiger partial charge in [-0.15, -0.1) is 0 Å². The Hall–Kier alpha value is -1.85. The molecule has 0 aliphatic heterocycles. The van der Waals surface area contributed by atoms with Crippen LogP contribution in [0.4, 0.5) is 0 Å². The summed E-state index contributed by atoms with van der Waals surface area (Å²) in [7, 11) is 0. The number of carboxylic acid groups (broad SMARTS) is 1. The maximum atomic E-state index is 10.6. The average molecular weight is 192 g/mol. The summed E-state index contributed by atoms with van der Waals surface area (Å²) in [5.41, 5.74) is 0.430. The van der Waals surface area contributed by atoms with E-state index in [-0.39, 0.29) is 4.88 Å². The van der Waals surface area contributed by atoms with Crippen molar-refractivity contribution in [3.8, 4) is 17.9 Å². The molecule has 0 aliphatic rings. The molecule has 0 aromatic carbocycles. The van der Waals surface area contributed by atoms with E-state index in [1.165, 1.54) is 0 Å². The second kappa shape index (κ2) is 3.70. The molecule has 4 nitrogen and oxygen atoms in total. The zero-order valence-corrected chi connectivity index (χ0v) is 7.47. The molecular formula is C8H4N2O2S. The molecule has 0 spiro atoms. The zero-order valence-electron chi connectivity index (χ0n) is 6.66. The summed E-state index contributed by atoms with van der Waals surface area (Å²) in [6, 6.07) is 1.63. The third-order valence-electron chi connectivity index (χ3n) is 1.22. The highest BCUT2D eigenvalue weighted by molar-refractivity contribution is 7.14. The number of carboxylic acids is 1. The molecule has 0 amide bonds. The summed E-state index contributed by atoms with van der Waals surface area (Å²) in [6.07, 6.45) is 0. The van der Waals surface area contributed by atoms with Crippen LogP contribution in [0.3, 0.4) is 0 Å². The van der Waals surface area contributed by atoms with Crippen molar-refractivity contribution in [1.82, 2.24) is 4.98 Å². The van der Waals surface area contributed by atoms with Crippen LogP contribution in [-0.4, -0.2) is 16.1 Å². The molecule has 1 heterocycles. The van der Waals surface area contributed by atoms with E-state index in [9.17, 15) is 4.79 Å². The minimum atomic E-state index is -1.01. The number of aromatic carboxylic acids is 1. The Morgan fingerprint density at radius 1 is 1.69 bits per heavy atom. The molecule has 1 aromatic heterocycles. The van der Waals surface area contributed by atoms with E-state index in [1.54, 1.807) is 13.0 Å². The van der Waals surface area contributed by atoms with Crippen LogP contribution in [-0.2, 0) is 0 Å². The first kappa shape index (κ1) is 9.24. The van der Waals surface area contributed by atoms with Crippen LogP contribution in [0.15, 0.2) is 0 Å². The Morgan fingerprint density at radius 3 is 2.85 bits per heavy atom. The summed E-state index contributed by atoms with van der Waals surface area (Å²) in [4.78, 5) is 14.6. The van der Waals surface area contributed by atoms with Crippen LogP contribution < -0.4 is 0 Å². The fourth-order valence-corrected chi connectivity index (χ4v) is 1.49. The van der Waals surface area contributed by atoms with Crippen molar-refractivity contribution < 1.29 is 9.90 Å². The molecular weight excluding hydrogens is 188 g/mol. The number of hydrogen-bond donors (Lipinski definition) is 1. The lowest BCUT2D eigenvalue weighted by Crippen LogP contribution is -1.94. The minimum absolute atomic E-state index is 0.169. The van der Waals surface area contributed by atoms with Crippen LogP contribution >= 0.6 is 11.3 Å². The Balaban J connectivity index is 3.11. The molecule has 0 atom stereocenters. The highest BCUT2D eigenvalue weighted by atomic mass is 32.1. The smallest absolute Gasteiger partial charge is 0.347 e. The van der Waals surface area contributed by atoms with Gasteiger partial charge in [-0.3, -0.25) is 0 Å². The quantitative estimate of drug-likeness (QED) is 0.674. The predicted octanol–water partition coefficient (Wildman–Crippen LogP) is 1.02. The van der Waals surface area contributed by atoms with Gasteiger partial charge in [0.2, 0.25) is 0 Å². The summed E-state index contributed by atoms with van der Waals surface area (Å²) in [5, 5.41) is 17.2. The zero-order chi connectivity index (χ0) is 9.84. The highest BCUT2D eigenvalue weighted by Crippen LogP contribution is 2.16. The maximum Gasteiger partial charge on any atom is 0.347 e. The van der Waals surface area contributed by atoms with E-state index >= 15 is 0 Å². The summed E-state index contributed by atoms with van der Waals surface area (Å²) < 4.78 is 0. The van der Waals surface area contributed by atoms with Gasteiger partial charge < -0.3 is 5.11 Å². The van der Waals surface area contributed by atoms with E-state index in [1.807, 2.05) is 0 Å². The lowest BCUT2D eigenvalue weighted by atomic mass is 10.4. The van der Waals surface area contributed by atoms with Crippen LogP contribution in [0.5, 0.6) is 0 Å². The number of carbonyl (C=O) groups is 1. The second-order valence-electron chi connectivity index (χ2n) is 2.10. The largest absolute Gasteiger partial charge is 0.477 e. The normalized spacial score (nSPS) is 8.31. The van der Waals surface area contributed by atoms with Crippen molar-refractivity contribution in [1.29, 1.82) is 5.26 Å². The van der Waals surface area contributed by atoms with Crippen molar-refractivity contribution in [3.05, 3.63) is 15.6 Å². The lowest BCUT2D eigenvalue weighted by molar-refractivity contribution is 0.0701. The Morgan fingerprint density at radius 2 is 2.38 bits per heavy atom. The monoisotopic (exact) mass is 192 g/mol. The Bertz CT molecular complexity index is 445. The van der Waals surface area contributed by atoms with Gasteiger partial charge in [-0.05, 0) is 12.8 Å². The standard InChI is InChI=1S/C8H4N2O2S/c1-5-7(8(11)12)13-6(10-5)3-2-4-9/h1H3,(H,11,12).